The standard InChI is InChI=1S/C23H27N3O4/c1-14-10-15(2)13-25(12-14)23(28)18-9-8-16(3)20(11-18)24-22(27)19-6-5-7-21(17(19)4)26(29)30/h5-9,11,14-15H,10,12-13H2,1-4H3,(H,24,27). The molecule has 2 unspecified atom stereocenters. The maximum Gasteiger partial charge on any atom is 0.273 e. The minimum absolute atomic E-state index is 0.0459. The third-order valence-corrected chi connectivity index (χ3v) is 5.64. The van der Waals surface area contributed by atoms with Crippen molar-refractivity contribution in [2.24, 2.45) is 11.8 Å². The van der Waals surface area contributed by atoms with E-state index in [2.05, 4.69) is 19.2 Å². The zero-order valence-electron chi connectivity index (χ0n) is 17.8. The molecule has 0 spiro atoms. The van der Waals surface area contributed by atoms with Gasteiger partial charge in [-0.25, -0.2) is 0 Å². The van der Waals surface area contributed by atoms with Gasteiger partial charge in [-0.05, 0) is 55.9 Å². The van der Waals surface area contributed by atoms with Crippen molar-refractivity contribution in [3.63, 3.8) is 0 Å². The molecule has 2 aromatic carbocycles. The lowest BCUT2D eigenvalue weighted by Crippen LogP contribution is -2.42. The molecule has 3 rings (SSSR count). The number of anilines is 1. The first-order valence-corrected chi connectivity index (χ1v) is 10.1. The number of likely N-dealkylation sites (tertiary alicyclic amines) is 1. The summed E-state index contributed by atoms with van der Waals surface area (Å²) in [6, 6.07) is 9.68. The van der Waals surface area contributed by atoms with Gasteiger partial charge in [0, 0.05) is 41.5 Å². The molecule has 0 aromatic heterocycles. The van der Waals surface area contributed by atoms with Crippen LogP contribution in [-0.2, 0) is 0 Å². The summed E-state index contributed by atoms with van der Waals surface area (Å²) in [6.45, 7) is 9.15. The van der Waals surface area contributed by atoms with E-state index in [9.17, 15) is 19.7 Å². The van der Waals surface area contributed by atoms with Crippen molar-refractivity contribution in [2.75, 3.05) is 18.4 Å². The van der Waals surface area contributed by atoms with E-state index in [0.717, 1.165) is 25.1 Å². The number of aryl methyl sites for hydroxylation is 1. The van der Waals surface area contributed by atoms with Crippen LogP contribution < -0.4 is 5.32 Å². The summed E-state index contributed by atoms with van der Waals surface area (Å²) >= 11 is 0. The van der Waals surface area contributed by atoms with Crippen LogP contribution in [-0.4, -0.2) is 34.7 Å². The zero-order valence-corrected chi connectivity index (χ0v) is 17.8. The van der Waals surface area contributed by atoms with Gasteiger partial charge in [-0.15, -0.1) is 0 Å². The Bertz CT molecular complexity index is 992. The smallest absolute Gasteiger partial charge is 0.273 e. The highest BCUT2D eigenvalue weighted by Gasteiger charge is 2.26. The van der Waals surface area contributed by atoms with Crippen molar-refractivity contribution in [1.29, 1.82) is 0 Å². The topological polar surface area (TPSA) is 92.6 Å². The maximum absolute atomic E-state index is 13.0. The Morgan fingerprint density at radius 1 is 1.10 bits per heavy atom. The van der Waals surface area contributed by atoms with Gasteiger partial charge in [-0.1, -0.05) is 26.0 Å². The molecule has 0 aliphatic carbocycles. The van der Waals surface area contributed by atoms with E-state index in [0.29, 0.717) is 28.7 Å². The van der Waals surface area contributed by atoms with Crippen LogP contribution in [0.1, 0.15) is 52.1 Å². The van der Waals surface area contributed by atoms with Gasteiger partial charge >= 0.3 is 0 Å². The molecule has 1 saturated heterocycles. The lowest BCUT2D eigenvalue weighted by Gasteiger charge is -2.35. The molecule has 1 aliphatic heterocycles. The van der Waals surface area contributed by atoms with Crippen LogP contribution in [0.5, 0.6) is 0 Å². The molecule has 7 heteroatoms. The second-order valence-corrected chi connectivity index (χ2v) is 8.35. The lowest BCUT2D eigenvalue weighted by molar-refractivity contribution is -0.385. The average molecular weight is 409 g/mol. The van der Waals surface area contributed by atoms with E-state index in [1.54, 1.807) is 31.2 Å². The Labute approximate surface area is 176 Å². The summed E-state index contributed by atoms with van der Waals surface area (Å²) in [6.07, 6.45) is 1.11. The molecule has 1 fully saturated rings. The number of nitrogens with one attached hydrogen (secondary N) is 1. The van der Waals surface area contributed by atoms with Crippen molar-refractivity contribution in [1.82, 2.24) is 4.90 Å². The van der Waals surface area contributed by atoms with Crippen LogP contribution in [0.25, 0.3) is 0 Å². The van der Waals surface area contributed by atoms with E-state index in [1.807, 2.05) is 11.8 Å². The molecule has 2 aromatic rings. The highest BCUT2D eigenvalue weighted by Crippen LogP contribution is 2.26. The number of nitro groups is 1. The average Bonchev–Trinajstić information content (AvgIpc) is 2.68. The number of carbonyl (C=O) groups is 2. The first kappa shape index (κ1) is 21.5. The number of nitro benzene ring substituents is 1. The first-order chi connectivity index (χ1) is 14.2. The number of amides is 2. The monoisotopic (exact) mass is 409 g/mol. The van der Waals surface area contributed by atoms with Crippen molar-refractivity contribution in [3.05, 3.63) is 68.8 Å². The molecule has 7 nitrogen and oxygen atoms in total. The van der Waals surface area contributed by atoms with Gasteiger partial charge in [0.2, 0.25) is 0 Å². The van der Waals surface area contributed by atoms with Crippen LogP contribution in [0.15, 0.2) is 36.4 Å². The third kappa shape index (κ3) is 4.50. The van der Waals surface area contributed by atoms with Crippen LogP contribution in [0, 0.1) is 35.8 Å². The number of nitrogens with zero attached hydrogens (tertiary/aromatic N) is 2. The summed E-state index contributed by atoms with van der Waals surface area (Å²) in [5.74, 6) is 0.429. The SMILES string of the molecule is Cc1ccc(C(=O)N2CC(C)CC(C)C2)cc1NC(=O)c1cccc([N+](=O)[O-])c1C. The molecule has 2 amide bonds. The quantitative estimate of drug-likeness (QED) is 0.591. The predicted octanol–water partition coefficient (Wildman–Crippen LogP) is 4.58. The van der Waals surface area contributed by atoms with Gasteiger partial charge in [0.1, 0.15) is 0 Å². The Hall–Kier alpha value is -3.22. The summed E-state index contributed by atoms with van der Waals surface area (Å²) in [5.41, 5.74) is 2.29. The van der Waals surface area contributed by atoms with Gasteiger partial charge in [-0.2, -0.15) is 0 Å². The minimum Gasteiger partial charge on any atom is -0.338 e. The van der Waals surface area contributed by atoms with Crippen LogP contribution >= 0.6 is 0 Å². The van der Waals surface area contributed by atoms with Crippen molar-refractivity contribution >= 4 is 23.2 Å². The Balaban J connectivity index is 1.84. The number of piperidine rings is 1. The maximum atomic E-state index is 13.0. The van der Waals surface area contributed by atoms with E-state index < -0.39 is 10.8 Å². The fourth-order valence-electron chi connectivity index (χ4n) is 4.16. The van der Waals surface area contributed by atoms with Gasteiger partial charge in [0.25, 0.3) is 17.5 Å². The van der Waals surface area contributed by atoms with E-state index in [4.69, 9.17) is 0 Å². The molecule has 158 valence electrons. The molecular formula is C23H27N3O4. The number of hydrogen-bond donors (Lipinski definition) is 1. The summed E-state index contributed by atoms with van der Waals surface area (Å²) < 4.78 is 0. The molecule has 1 N–H and O–H groups in total. The van der Waals surface area contributed by atoms with E-state index >= 15 is 0 Å². The van der Waals surface area contributed by atoms with Gasteiger partial charge < -0.3 is 10.2 Å². The number of carbonyl (C=O) groups excluding carboxylic acids is 2. The lowest BCUT2D eigenvalue weighted by atomic mass is 9.91. The van der Waals surface area contributed by atoms with Crippen LogP contribution in [0.3, 0.4) is 0 Å². The van der Waals surface area contributed by atoms with Gasteiger partial charge in [-0.3, -0.25) is 19.7 Å². The normalized spacial score (nSPS) is 18.7. The summed E-state index contributed by atoms with van der Waals surface area (Å²) in [4.78, 5) is 38.4. The second-order valence-electron chi connectivity index (χ2n) is 8.35. The molecule has 1 heterocycles. The molecule has 0 bridgehead atoms. The Morgan fingerprint density at radius 2 is 1.77 bits per heavy atom. The van der Waals surface area contributed by atoms with Crippen LogP contribution in [0.2, 0.25) is 0 Å². The highest BCUT2D eigenvalue weighted by molar-refractivity contribution is 6.07. The van der Waals surface area contributed by atoms with E-state index in [-0.39, 0.29) is 17.2 Å². The number of hydrogen-bond acceptors (Lipinski definition) is 4. The number of rotatable bonds is 4. The highest BCUT2D eigenvalue weighted by atomic mass is 16.6. The van der Waals surface area contributed by atoms with Crippen molar-refractivity contribution in [2.45, 2.75) is 34.1 Å². The Morgan fingerprint density at radius 3 is 2.40 bits per heavy atom. The van der Waals surface area contributed by atoms with Gasteiger partial charge in [0.15, 0.2) is 0 Å². The van der Waals surface area contributed by atoms with Crippen LogP contribution in [0.4, 0.5) is 11.4 Å². The molecule has 0 saturated carbocycles. The summed E-state index contributed by atoms with van der Waals surface area (Å²) in [7, 11) is 0. The van der Waals surface area contributed by atoms with E-state index in [1.165, 1.54) is 12.1 Å². The summed E-state index contributed by atoms with van der Waals surface area (Å²) in [5, 5.41) is 14.0. The Kier molecular flexibility index (Phi) is 6.20. The molecule has 1 aliphatic rings. The predicted molar refractivity (Wildman–Crippen MR) is 116 cm³/mol. The first-order valence-electron chi connectivity index (χ1n) is 10.1. The third-order valence-electron chi connectivity index (χ3n) is 5.64. The number of benzene rings is 2. The zero-order chi connectivity index (χ0) is 22.0. The van der Waals surface area contributed by atoms with Crippen molar-refractivity contribution < 1.29 is 14.5 Å². The minimum atomic E-state index is -0.503. The molecular weight excluding hydrogens is 382 g/mol. The molecule has 30 heavy (non-hydrogen) atoms. The molecule has 0 radical (unpaired) electrons. The van der Waals surface area contributed by atoms with Gasteiger partial charge in [0.05, 0.1) is 4.92 Å². The fourth-order valence-corrected chi connectivity index (χ4v) is 4.16. The fraction of sp³-hybridized carbons (Fsp3) is 0.391. The van der Waals surface area contributed by atoms with Crippen molar-refractivity contribution in [3.8, 4) is 0 Å². The second kappa shape index (κ2) is 8.65. The molecule has 2 atom stereocenters. The largest absolute Gasteiger partial charge is 0.338 e.